The first-order valence-electron chi connectivity index (χ1n) is 6.50. The summed E-state index contributed by atoms with van der Waals surface area (Å²) in [6.45, 7) is 6.98. The number of nitrogens with one attached hydrogen (secondary N) is 2. The molecule has 0 aromatic carbocycles. The Balaban J connectivity index is 1.91. The van der Waals surface area contributed by atoms with Gasteiger partial charge in [0.25, 0.3) is 5.91 Å². The molecule has 5 nitrogen and oxygen atoms in total. The summed E-state index contributed by atoms with van der Waals surface area (Å²) in [5, 5.41) is 10.5. The van der Waals surface area contributed by atoms with Crippen LogP contribution in [-0.4, -0.2) is 35.3 Å². The molecule has 0 unspecified atom stereocenters. The molecule has 18 heavy (non-hydrogen) atoms. The standard InChI is InChI=1S/C13H22N4O/c1-10-8-11(16-17(10)3)12(18)15-9-13(2)4-6-14-7-5-13/h8,14H,4-7,9H2,1-3H3,(H,15,18). The van der Waals surface area contributed by atoms with Gasteiger partial charge in [0.15, 0.2) is 0 Å². The molecule has 2 rings (SSSR count). The Morgan fingerprint density at radius 2 is 2.22 bits per heavy atom. The van der Waals surface area contributed by atoms with Crippen LogP contribution in [0.5, 0.6) is 0 Å². The summed E-state index contributed by atoms with van der Waals surface area (Å²) >= 11 is 0. The lowest BCUT2D eigenvalue weighted by molar-refractivity contribution is 0.0916. The average Bonchev–Trinajstić information content (AvgIpc) is 2.68. The molecule has 2 N–H and O–H groups in total. The lowest BCUT2D eigenvalue weighted by Crippen LogP contribution is -2.43. The maximum absolute atomic E-state index is 12.0. The van der Waals surface area contributed by atoms with Crippen molar-refractivity contribution in [3.8, 4) is 0 Å². The first-order valence-corrected chi connectivity index (χ1v) is 6.50. The monoisotopic (exact) mass is 250 g/mol. The summed E-state index contributed by atoms with van der Waals surface area (Å²) < 4.78 is 1.72. The molecule has 1 aromatic rings. The minimum absolute atomic E-state index is 0.0709. The number of carbonyl (C=O) groups excluding carboxylic acids is 1. The zero-order valence-corrected chi connectivity index (χ0v) is 11.4. The van der Waals surface area contributed by atoms with Crippen LogP contribution >= 0.6 is 0 Å². The lowest BCUT2D eigenvalue weighted by Gasteiger charge is -2.34. The van der Waals surface area contributed by atoms with E-state index in [1.54, 1.807) is 4.68 Å². The van der Waals surface area contributed by atoms with Gasteiger partial charge in [0.1, 0.15) is 5.69 Å². The number of piperidine rings is 1. The van der Waals surface area contributed by atoms with E-state index in [1.165, 1.54) is 0 Å². The molecular weight excluding hydrogens is 228 g/mol. The Morgan fingerprint density at radius 3 is 2.78 bits per heavy atom. The lowest BCUT2D eigenvalue weighted by atomic mass is 9.81. The molecule has 1 amide bonds. The number of aryl methyl sites for hydroxylation is 2. The second-order valence-electron chi connectivity index (χ2n) is 5.54. The SMILES string of the molecule is Cc1cc(C(=O)NCC2(C)CCNCC2)nn1C. The summed E-state index contributed by atoms with van der Waals surface area (Å²) in [5.74, 6) is -0.0709. The minimum atomic E-state index is -0.0709. The van der Waals surface area contributed by atoms with Gasteiger partial charge in [0.05, 0.1) is 0 Å². The molecule has 0 radical (unpaired) electrons. The highest BCUT2D eigenvalue weighted by Crippen LogP contribution is 2.26. The van der Waals surface area contributed by atoms with Crippen molar-refractivity contribution in [2.24, 2.45) is 12.5 Å². The number of carbonyl (C=O) groups is 1. The van der Waals surface area contributed by atoms with Crippen molar-refractivity contribution in [1.82, 2.24) is 20.4 Å². The number of nitrogens with zero attached hydrogens (tertiary/aromatic N) is 2. The van der Waals surface area contributed by atoms with E-state index in [-0.39, 0.29) is 11.3 Å². The molecule has 0 atom stereocenters. The van der Waals surface area contributed by atoms with Gasteiger partial charge in [-0.25, -0.2) is 0 Å². The third kappa shape index (κ3) is 2.90. The van der Waals surface area contributed by atoms with Gasteiger partial charge >= 0.3 is 0 Å². The van der Waals surface area contributed by atoms with Crippen LogP contribution in [0.15, 0.2) is 6.07 Å². The van der Waals surface area contributed by atoms with Gasteiger partial charge in [-0.15, -0.1) is 0 Å². The molecule has 1 aliphatic heterocycles. The normalized spacial score (nSPS) is 18.6. The van der Waals surface area contributed by atoms with Crippen molar-refractivity contribution in [3.63, 3.8) is 0 Å². The highest BCUT2D eigenvalue weighted by Gasteiger charge is 2.27. The predicted molar refractivity (Wildman–Crippen MR) is 70.5 cm³/mol. The van der Waals surface area contributed by atoms with E-state index < -0.39 is 0 Å². The van der Waals surface area contributed by atoms with Crippen molar-refractivity contribution in [2.45, 2.75) is 26.7 Å². The Kier molecular flexibility index (Phi) is 3.71. The zero-order chi connectivity index (χ0) is 13.2. The molecule has 1 fully saturated rings. The summed E-state index contributed by atoms with van der Waals surface area (Å²) in [6, 6.07) is 1.82. The second-order valence-corrected chi connectivity index (χ2v) is 5.54. The Labute approximate surface area is 108 Å². The molecule has 100 valence electrons. The minimum Gasteiger partial charge on any atom is -0.350 e. The van der Waals surface area contributed by atoms with Gasteiger partial charge in [-0.05, 0) is 44.3 Å². The quantitative estimate of drug-likeness (QED) is 0.836. The average molecular weight is 250 g/mol. The molecule has 5 heteroatoms. The van der Waals surface area contributed by atoms with E-state index in [2.05, 4.69) is 22.7 Å². The number of hydrogen-bond donors (Lipinski definition) is 2. The molecule has 0 aliphatic carbocycles. The third-order valence-corrected chi connectivity index (χ3v) is 3.83. The maximum Gasteiger partial charge on any atom is 0.271 e. The first-order chi connectivity index (χ1) is 8.50. The number of amides is 1. The van der Waals surface area contributed by atoms with Crippen LogP contribution in [-0.2, 0) is 7.05 Å². The summed E-state index contributed by atoms with van der Waals surface area (Å²) in [5.41, 5.74) is 1.71. The van der Waals surface area contributed by atoms with Gasteiger partial charge in [0.2, 0.25) is 0 Å². The second kappa shape index (κ2) is 5.10. The van der Waals surface area contributed by atoms with Crippen LogP contribution in [0.2, 0.25) is 0 Å². The van der Waals surface area contributed by atoms with Crippen LogP contribution in [0.1, 0.15) is 35.9 Å². The number of rotatable bonds is 3. The van der Waals surface area contributed by atoms with Gasteiger partial charge in [-0.1, -0.05) is 6.92 Å². The molecule has 0 saturated carbocycles. The van der Waals surface area contributed by atoms with Gasteiger partial charge in [0, 0.05) is 19.3 Å². The van der Waals surface area contributed by atoms with Crippen molar-refractivity contribution >= 4 is 5.91 Å². The fourth-order valence-corrected chi connectivity index (χ4v) is 2.26. The van der Waals surface area contributed by atoms with E-state index in [0.29, 0.717) is 5.69 Å². The molecule has 1 aliphatic rings. The molecule has 0 spiro atoms. The van der Waals surface area contributed by atoms with Crippen LogP contribution < -0.4 is 10.6 Å². The Morgan fingerprint density at radius 1 is 1.56 bits per heavy atom. The third-order valence-electron chi connectivity index (χ3n) is 3.83. The fourth-order valence-electron chi connectivity index (χ4n) is 2.26. The van der Waals surface area contributed by atoms with E-state index in [9.17, 15) is 4.79 Å². The molecule has 1 saturated heterocycles. The van der Waals surface area contributed by atoms with Crippen molar-refractivity contribution < 1.29 is 4.79 Å². The highest BCUT2D eigenvalue weighted by molar-refractivity contribution is 5.92. The van der Waals surface area contributed by atoms with E-state index in [4.69, 9.17) is 0 Å². The summed E-state index contributed by atoms with van der Waals surface area (Å²) in [7, 11) is 1.85. The molecule has 1 aromatic heterocycles. The van der Waals surface area contributed by atoms with Crippen LogP contribution in [0.3, 0.4) is 0 Å². The fraction of sp³-hybridized carbons (Fsp3) is 0.692. The molecular formula is C13H22N4O. The largest absolute Gasteiger partial charge is 0.350 e. The zero-order valence-electron chi connectivity index (χ0n) is 11.4. The van der Waals surface area contributed by atoms with Gasteiger partial charge in [-0.2, -0.15) is 5.10 Å². The maximum atomic E-state index is 12.0. The van der Waals surface area contributed by atoms with Crippen LogP contribution in [0, 0.1) is 12.3 Å². The predicted octanol–water partition coefficient (Wildman–Crippen LogP) is 0.848. The Hall–Kier alpha value is -1.36. The van der Waals surface area contributed by atoms with E-state index in [0.717, 1.165) is 38.2 Å². The summed E-state index contributed by atoms with van der Waals surface area (Å²) in [4.78, 5) is 12.0. The first kappa shape index (κ1) is 13.1. The van der Waals surface area contributed by atoms with Crippen LogP contribution in [0.4, 0.5) is 0 Å². The van der Waals surface area contributed by atoms with Crippen molar-refractivity contribution in [3.05, 3.63) is 17.5 Å². The van der Waals surface area contributed by atoms with E-state index in [1.807, 2.05) is 20.0 Å². The van der Waals surface area contributed by atoms with Crippen molar-refractivity contribution in [2.75, 3.05) is 19.6 Å². The van der Waals surface area contributed by atoms with Gasteiger partial charge < -0.3 is 10.6 Å². The topological polar surface area (TPSA) is 59.0 Å². The number of hydrogen-bond acceptors (Lipinski definition) is 3. The molecule has 2 heterocycles. The van der Waals surface area contributed by atoms with Crippen molar-refractivity contribution in [1.29, 1.82) is 0 Å². The Bertz CT molecular complexity index is 413. The van der Waals surface area contributed by atoms with Gasteiger partial charge in [-0.3, -0.25) is 9.48 Å². The molecule has 0 bridgehead atoms. The number of aromatic nitrogens is 2. The smallest absolute Gasteiger partial charge is 0.271 e. The van der Waals surface area contributed by atoms with E-state index >= 15 is 0 Å². The van der Waals surface area contributed by atoms with Crippen LogP contribution in [0.25, 0.3) is 0 Å². The summed E-state index contributed by atoms with van der Waals surface area (Å²) in [6.07, 6.45) is 2.21. The highest BCUT2D eigenvalue weighted by atomic mass is 16.1.